The predicted molar refractivity (Wildman–Crippen MR) is 82.2 cm³/mol. The second-order valence-corrected chi connectivity index (χ2v) is 7.35. The van der Waals surface area contributed by atoms with E-state index >= 15 is 0 Å². The largest absolute Gasteiger partial charge is 0.395 e. The third-order valence-corrected chi connectivity index (χ3v) is 5.42. The van der Waals surface area contributed by atoms with Crippen molar-refractivity contribution in [3.63, 3.8) is 0 Å². The zero-order chi connectivity index (χ0) is 15.3. The molecule has 0 spiro atoms. The van der Waals surface area contributed by atoms with E-state index in [1.54, 1.807) is 28.6 Å². The maximum atomic E-state index is 12.7. The van der Waals surface area contributed by atoms with Crippen molar-refractivity contribution < 1.29 is 13.5 Å². The summed E-state index contributed by atoms with van der Waals surface area (Å²) in [6.45, 7) is 3.27. The molecule has 1 heterocycles. The number of aliphatic hydroxyl groups excluding tert-OH is 1. The molecule has 1 fully saturated rings. The summed E-state index contributed by atoms with van der Waals surface area (Å²) in [4.78, 5) is 0.299. The van der Waals surface area contributed by atoms with Crippen molar-refractivity contribution in [1.29, 1.82) is 0 Å². The molecule has 1 atom stereocenters. The number of hydrogen-bond acceptors (Lipinski definition) is 3. The zero-order valence-corrected chi connectivity index (χ0v) is 13.1. The molecule has 0 bridgehead atoms. The van der Waals surface area contributed by atoms with Gasteiger partial charge in [0, 0.05) is 25.1 Å². The van der Waals surface area contributed by atoms with Crippen LogP contribution in [-0.4, -0.2) is 37.5 Å². The molecular formula is C16H21NO3S. The van der Waals surface area contributed by atoms with Gasteiger partial charge in [0.1, 0.15) is 0 Å². The summed E-state index contributed by atoms with van der Waals surface area (Å²) in [5, 5.41) is 8.72. The number of aliphatic hydroxyl groups is 1. The van der Waals surface area contributed by atoms with Crippen molar-refractivity contribution in [3.05, 3.63) is 29.8 Å². The van der Waals surface area contributed by atoms with Crippen molar-refractivity contribution in [3.8, 4) is 11.8 Å². The third kappa shape index (κ3) is 4.07. The highest BCUT2D eigenvalue weighted by molar-refractivity contribution is 7.89. The van der Waals surface area contributed by atoms with Gasteiger partial charge >= 0.3 is 0 Å². The van der Waals surface area contributed by atoms with E-state index in [2.05, 4.69) is 18.8 Å². The first kappa shape index (κ1) is 16.0. The molecule has 1 aromatic carbocycles. The lowest BCUT2D eigenvalue weighted by Crippen LogP contribution is -2.39. The molecule has 114 valence electrons. The smallest absolute Gasteiger partial charge is 0.243 e. The van der Waals surface area contributed by atoms with Crippen LogP contribution in [0.3, 0.4) is 0 Å². The summed E-state index contributed by atoms with van der Waals surface area (Å²) in [6, 6.07) is 6.72. The van der Waals surface area contributed by atoms with Gasteiger partial charge in [-0.2, -0.15) is 4.31 Å². The highest BCUT2D eigenvalue weighted by Gasteiger charge is 2.28. The van der Waals surface area contributed by atoms with E-state index in [0.29, 0.717) is 35.9 Å². The van der Waals surface area contributed by atoms with Gasteiger partial charge in [-0.05, 0) is 37.0 Å². The molecule has 0 aliphatic carbocycles. The Morgan fingerprint density at radius 3 is 2.95 bits per heavy atom. The highest BCUT2D eigenvalue weighted by atomic mass is 32.2. The summed E-state index contributed by atoms with van der Waals surface area (Å²) in [5.41, 5.74) is 0.662. The molecule has 5 heteroatoms. The van der Waals surface area contributed by atoms with Crippen LogP contribution in [0.4, 0.5) is 0 Å². The van der Waals surface area contributed by atoms with Gasteiger partial charge in [0.15, 0.2) is 0 Å². The van der Waals surface area contributed by atoms with E-state index < -0.39 is 10.0 Å². The first-order valence-electron chi connectivity index (χ1n) is 7.24. The van der Waals surface area contributed by atoms with Crippen molar-refractivity contribution in [2.45, 2.75) is 31.1 Å². The van der Waals surface area contributed by atoms with E-state index in [0.717, 1.165) is 12.8 Å². The first-order chi connectivity index (χ1) is 10.0. The lowest BCUT2D eigenvalue weighted by Gasteiger charge is -2.30. The lowest BCUT2D eigenvalue weighted by molar-refractivity contribution is 0.281. The molecule has 0 saturated carbocycles. The van der Waals surface area contributed by atoms with E-state index in [4.69, 9.17) is 5.11 Å². The van der Waals surface area contributed by atoms with Gasteiger partial charge in [-0.1, -0.05) is 24.8 Å². The summed E-state index contributed by atoms with van der Waals surface area (Å²) >= 11 is 0. The van der Waals surface area contributed by atoms with Crippen LogP contribution in [0.2, 0.25) is 0 Å². The van der Waals surface area contributed by atoms with Gasteiger partial charge in [-0.15, -0.1) is 0 Å². The maximum Gasteiger partial charge on any atom is 0.243 e. The minimum atomic E-state index is -3.43. The van der Waals surface area contributed by atoms with Crippen LogP contribution >= 0.6 is 0 Å². The number of hydrogen-bond donors (Lipinski definition) is 1. The van der Waals surface area contributed by atoms with Crippen LogP contribution in [0.25, 0.3) is 0 Å². The molecule has 0 amide bonds. The lowest BCUT2D eigenvalue weighted by atomic mass is 10.0. The third-order valence-electron chi connectivity index (χ3n) is 3.56. The van der Waals surface area contributed by atoms with Gasteiger partial charge in [-0.3, -0.25) is 0 Å². The molecule has 1 unspecified atom stereocenters. The number of sulfonamides is 1. The normalized spacial score (nSPS) is 19.8. The Morgan fingerprint density at radius 1 is 1.43 bits per heavy atom. The van der Waals surface area contributed by atoms with Crippen LogP contribution in [-0.2, 0) is 10.0 Å². The SMILES string of the molecule is CC1CCCN(S(=O)(=O)c2cccc(C#CCCO)c2)C1. The number of rotatable bonds is 3. The molecule has 1 saturated heterocycles. The molecule has 0 radical (unpaired) electrons. The number of nitrogens with zero attached hydrogens (tertiary/aromatic N) is 1. The molecular weight excluding hydrogens is 286 g/mol. The number of piperidine rings is 1. The molecule has 4 nitrogen and oxygen atoms in total. The molecule has 1 aliphatic heterocycles. The maximum absolute atomic E-state index is 12.7. The van der Waals surface area contributed by atoms with E-state index in [1.165, 1.54) is 0 Å². The Morgan fingerprint density at radius 2 is 2.24 bits per heavy atom. The average molecular weight is 307 g/mol. The zero-order valence-electron chi connectivity index (χ0n) is 12.2. The number of benzene rings is 1. The Kier molecular flexibility index (Phi) is 5.40. The standard InChI is InChI=1S/C16H21NO3S/c1-14-6-5-10-17(13-14)21(19,20)16-9-4-8-15(12-16)7-2-3-11-18/h4,8-9,12,14,18H,3,5-6,10-11,13H2,1H3. The Balaban J connectivity index is 2.24. The minimum absolute atomic E-state index is 0.0106. The van der Waals surface area contributed by atoms with Crippen molar-refractivity contribution in [2.75, 3.05) is 19.7 Å². The quantitative estimate of drug-likeness (QED) is 0.867. The fourth-order valence-electron chi connectivity index (χ4n) is 2.47. The first-order valence-corrected chi connectivity index (χ1v) is 8.68. The van der Waals surface area contributed by atoms with Crippen LogP contribution < -0.4 is 0 Å². The van der Waals surface area contributed by atoms with E-state index in [1.807, 2.05) is 0 Å². The topological polar surface area (TPSA) is 57.6 Å². The van der Waals surface area contributed by atoms with Crippen LogP contribution in [0.15, 0.2) is 29.2 Å². The van der Waals surface area contributed by atoms with Gasteiger partial charge in [0.05, 0.1) is 11.5 Å². The fraction of sp³-hybridized carbons (Fsp3) is 0.500. The van der Waals surface area contributed by atoms with Gasteiger partial charge in [0.25, 0.3) is 0 Å². The molecule has 1 aliphatic rings. The Bertz CT molecular complexity index is 643. The molecule has 0 aromatic heterocycles. The summed E-state index contributed by atoms with van der Waals surface area (Å²) in [6.07, 6.45) is 2.38. The Labute approximate surface area is 126 Å². The molecule has 1 N–H and O–H groups in total. The summed E-state index contributed by atoms with van der Waals surface area (Å²) in [7, 11) is -3.43. The summed E-state index contributed by atoms with van der Waals surface area (Å²) in [5.74, 6) is 6.09. The molecule has 1 aromatic rings. The van der Waals surface area contributed by atoms with Crippen molar-refractivity contribution in [1.82, 2.24) is 4.31 Å². The van der Waals surface area contributed by atoms with Crippen LogP contribution in [0.5, 0.6) is 0 Å². The van der Waals surface area contributed by atoms with Crippen LogP contribution in [0.1, 0.15) is 31.7 Å². The van der Waals surface area contributed by atoms with E-state index in [9.17, 15) is 8.42 Å². The van der Waals surface area contributed by atoms with Crippen LogP contribution in [0, 0.1) is 17.8 Å². The monoisotopic (exact) mass is 307 g/mol. The average Bonchev–Trinajstić information content (AvgIpc) is 2.48. The van der Waals surface area contributed by atoms with Crippen molar-refractivity contribution in [2.24, 2.45) is 5.92 Å². The highest BCUT2D eigenvalue weighted by Crippen LogP contribution is 2.23. The van der Waals surface area contributed by atoms with Crippen molar-refractivity contribution >= 4 is 10.0 Å². The van der Waals surface area contributed by atoms with Gasteiger partial charge in [-0.25, -0.2) is 8.42 Å². The summed E-state index contributed by atoms with van der Waals surface area (Å²) < 4.78 is 26.9. The molecule has 2 rings (SSSR count). The van der Waals surface area contributed by atoms with E-state index in [-0.39, 0.29) is 6.61 Å². The minimum Gasteiger partial charge on any atom is -0.395 e. The predicted octanol–water partition coefficient (Wildman–Crippen LogP) is 1.84. The van der Waals surface area contributed by atoms with Gasteiger partial charge in [0.2, 0.25) is 10.0 Å². The second kappa shape index (κ2) is 7.08. The second-order valence-electron chi connectivity index (χ2n) is 5.41. The molecule has 21 heavy (non-hydrogen) atoms. The Hall–Kier alpha value is -1.35. The van der Waals surface area contributed by atoms with Gasteiger partial charge < -0.3 is 5.11 Å². The fourth-order valence-corrected chi connectivity index (χ4v) is 4.11.